The van der Waals surface area contributed by atoms with E-state index in [1.807, 2.05) is 6.07 Å². The van der Waals surface area contributed by atoms with Crippen molar-refractivity contribution in [3.05, 3.63) is 29.3 Å². The van der Waals surface area contributed by atoms with E-state index >= 15 is 0 Å². The van der Waals surface area contributed by atoms with Crippen LogP contribution in [0.3, 0.4) is 0 Å². The van der Waals surface area contributed by atoms with Gasteiger partial charge in [0.05, 0.1) is 5.56 Å². The average molecular weight is 337 g/mol. The maximum atomic E-state index is 11.5. The predicted octanol–water partition coefficient (Wildman–Crippen LogP) is 5.12. The lowest BCUT2D eigenvalue weighted by Gasteiger charge is -2.08. The first-order valence-corrected chi connectivity index (χ1v) is 9.11. The quantitative estimate of drug-likeness (QED) is 0.202. The fraction of sp³-hybridized carbons (Fsp3) is 0.632. The highest BCUT2D eigenvalue weighted by molar-refractivity contribution is 5.96. The molecule has 0 radical (unpaired) electrons. The smallest absolute Gasteiger partial charge is 0.278 e. The van der Waals surface area contributed by atoms with Gasteiger partial charge in [0.15, 0.2) is 5.75 Å². The number of hydrogen-bond acceptors (Lipinski definition) is 4. The van der Waals surface area contributed by atoms with Crippen LogP contribution in [0.1, 0.15) is 87.1 Å². The first-order chi connectivity index (χ1) is 11.7. The molecule has 0 bridgehead atoms. The van der Waals surface area contributed by atoms with Gasteiger partial charge in [-0.2, -0.15) is 0 Å². The molecule has 24 heavy (non-hydrogen) atoms. The summed E-state index contributed by atoms with van der Waals surface area (Å²) in [5.41, 5.74) is 2.69. The Morgan fingerprint density at radius 3 is 2.12 bits per heavy atom. The monoisotopic (exact) mass is 337 g/mol. The highest BCUT2D eigenvalue weighted by Crippen LogP contribution is 2.21. The van der Waals surface area contributed by atoms with E-state index in [0.717, 1.165) is 18.4 Å². The molecule has 0 aliphatic heterocycles. The van der Waals surface area contributed by atoms with E-state index in [9.17, 15) is 4.79 Å². The van der Waals surface area contributed by atoms with Crippen LogP contribution in [-0.4, -0.2) is 16.4 Å². The molecule has 1 rings (SSSR count). The summed E-state index contributed by atoms with van der Waals surface area (Å²) in [6.45, 7) is 2.24. The van der Waals surface area contributed by atoms with Gasteiger partial charge in [0.1, 0.15) is 0 Å². The average Bonchev–Trinajstić information content (AvgIpc) is 2.62. The molecule has 3 N–H and O–H groups in total. The Bertz CT molecular complexity index is 476. The number of nitrogens with one attached hydrogen (secondary N) is 1. The van der Waals surface area contributed by atoms with Crippen LogP contribution < -0.4 is 10.4 Å². The first kappa shape index (κ1) is 20.5. The molecule has 0 atom stereocenters. The van der Waals surface area contributed by atoms with Gasteiger partial charge in [-0.25, -0.2) is 10.7 Å². The highest BCUT2D eigenvalue weighted by atomic mass is 17.1. The SMILES string of the molecule is CCCCCCCCCCCCc1ccc(OO)c(C(=O)NO)c1. The first-order valence-electron chi connectivity index (χ1n) is 9.11. The van der Waals surface area contributed by atoms with Crippen LogP contribution in [-0.2, 0) is 6.42 Å². The Labute approximate surface area is 144 Å². The zero-order chi connectivity index (χ0) is 17.6. The molecule has 0 aliphatic carbocycles. The molecule has 0 unspecified atom stereocenters. The number of hydrogen-bond donors (Lipinski definition) is 3. The zero-order valence-electron chi connectivity index (χ0n) is 14.7. The predicted molar refractivity (Wildman–Crippen MR) is 94.5 cm³/mol. The number of hydroxylamine groups is 1. The molecule has 1 aromatic carbocycles. The van der Waals surface area contributed by atoms with Crippen LogP contribution >= 0.6 is 0 Å². The lowest BCUT2D eigenvalue weighted by atomic mass is 10.0. The Kier molecular flexibility index (Phi) is 10.9. The Morgan fingerprint density at radius 1 is 1.00 bits per heavy atom. The summed E-state index contributed by atoms with van der Waals surface area (Å²) < 4.78 is 0. The number of carbonyl (C=O) groups is 1. The van der Waals surface area contributed by atoms with Gasteiger partial charge in [-0.05, 0) is 30.5 Å². The van der Waals surface area contributed by atoms with Gasteiger partial charge in [-0.1, -0.05) is 70.8 Å². The van der Waals surface area contributed by atoms with Crippen LogP contribution in [0.2, 0.25) is 0 Å². The topological polar surface area (TPSA) is 78.8 Å². The second-order valence-electron chi connectivity index (χ2n) is 6.29. The third kappa shape index (κ3) is 7.79. The standard InChI is InChI=1S/C19H31NO4/c1-2-3-4-5-6-7-8-9-10-11-12-16-13-14-18(24-23)17(15-16)19(21)20-22/h13-15,22-23H,2-12H2,1H3,(H,20,21). The van der Waals surface area contributed by atoms with Crippen LogP contribution in [0.4, 0.5) is 0 Å². The minimum atomic E-state index is -0.691. The summed E-state index contributed by atoms with van der Waals surface area (Å²) in [6.07, 6.45) is 13.7. The number of rotatable bonds is 13. The maximum absolute atomic E-state index is 11.5. The van der Waals surface area contributed by atoms with Crippen LogP contribution in [0.25, 0.3) is 0 Å². The largest absolute Gasteiger partial charge is 0.339 e. The van der Waals surface area contributed by atoms with Crippen molar-refractivity contribution in [3.8, 4) is 5.75 Å². The highest BCUT2D eigenvalue weighted by Gasteiger charge is 2.13. The normalized spacial score (nSPS) is 10.6. The summed E-state index contributed by atoms with van der Waals surface area (Å²) in [5.74, 6) is -0.655. The van der Waals surface area contributed by atoms with Crippen molar-refractivity contribution in [1.29, 1.82) is 0 Å². The van der Waals surface area contributed by atoms with Gasteiger partial charge in [0, 0.05) is 0 Å². The summed E-state index contributed by atoms with van der Waals surface area (Å²) in [7, 11) is 0. The van der Waals surface area contributed by atoms with Crippen molar-refractivity contribution >= 4 is 5.91 Å². The van der Waals surface area contributed by atoms with E-state index in [2.05, 4.69) is 11.8 Å². The van der Waals surface area contributed by atoms with E-state index in [1.54, 1.807) is 11.5 Å². The molecule has 0 aromatic heterocycles. The van der Waals surface area contributed by atoms with E-state index < -0.39 is 5.91 Å². The molecule has 0 fully saturated rings. The van der Waals surface area contributed by atoms with Gasteiger partial charge in [0.2, 0.25) is 0 Å². The molecule has 0 spiro atoms. The fourth-order valence-corrected chi connectivity index (χ4v) is 2.87. The van der Waals surface area contributed by atoms with E-state index in [-0.39, 0.29) is 11.3 Å². The fourth-order valence-electron chi connectivity index (χ4n) is 2.87. The molecule has 5 nitrogen and oxygen atoms in total. The molecular weight excluding hydrogens is 306 g/mol. The second-order valence-corrected chi connectivity index (χ2v) is 6.29. The lowest BCUT2D eigenvalue weighted by Crippen LogP contribution is -2.19. The van der Waals surface area contributed by atoms with Crippen LogP contribution in [0.5, 0.6) is 5.75 Å². The maximum Gasteiger partial charge on any atom is 0.278 e. The second kappa shape index (κ2) is 12.8. The van der Waals surface area contributed by atoms with Gasteiger partial charge in [-0.15, -0.1) is 0 Å². The minimum Gasteiger partial charge on any atom is -0.339 e. The minimum absolute atomic E-state index is 0.0355. The van der Waals surface area contributed by atoms with Crippen molar-refractivity contribution in [2.75, 3.05) is 0 Å². The number of aryl methyl sites for hydroxylation is 1. The van der Waals surface area contributed by atoms with Crippen LogP contribution in [0.15, 0.2) is 18.2 Å². The summed E-state index contributed by atoms with van der Waals surface area (Å²) in [5, 5.41) is 17.5. The summed E-state index contributed by atoms with van der Waals surface area (Å²) >= 11 is 0. The molecule has 5 heteroatoms. The number of unbranched alkanes of at least 4 members (excludes halogenated alkanes) is 9. The van der Waals surface area contributed by atoms with Crippen molar-refractivity contribution in [2.45, 2.75) is 77.6 Å². The molecule has 136 valence electrons. The molecule has 0 heterocycles. The van der Waals surface area contributed by atoms with Crippen molar-refractivity contribution in [2.24, 2.45) is 0 Å². The molecule has 1 amide bonds. The summed E-state index contributed by atoms with van der Waals surface area (Å²) in [4.78, 5) is 15.7. The summed E-state index contributed by atoms with van der Waals surface area (Å²) in [6, 6.07) is 5.01. The molecule has 0 aliphatic rings. The number of benzene rings is 1. The van der Waals surface area contributed by atoms with Crippen molar-refractivity contribution in [3.63, 3.8) is 0 Å². The van der Waals surface area contributed by atoms with E-state index in [4.69, 9.17) is 10.5 Å². The lowest BCUT2D eigenvalue weighted by molar-refractivity contribution is -0.138. The molecule has 0 saturated heterocycles. The zero-order valence-corrected chi connectivity index (χ0v) is 14.7. The Balaban J connectivity index is 2.22. The third-order valence-electron chi connectivity index (χ3n) is 4.31. The van der Waals surface area contributed by atoms with Gasteiger partial charge in [0.25, 0.3) is 5.91 Å². The van der Waals surface area contributed by atoms with Crippen LogP contribution in [0, 0.1) is 0 Å². The molecule has 0 saturated carbocycles. The molecular formula is C19H31NO4. The molecule has 1 aromatic rings. The van der Waals surface area contributed by atoms with E-state index in [1.165, 1.54) is 63.9 Å². The van der Waals surface area contributed by atoms with Gasteiger partial charge < -0.3 is 4.89 Å². The number of amides is 1. The van der Waals surface area contributed by atoms with Crippen molar-refractivity contribution < 1.29 is 20.1 Å². The Hall–Kier alpha value is -1.59. The number of carbonyl (C=O) groups excluding carboxylic acids is 1. The van der Waals surface area contributed by atoms with Crippen molar-refractivity contribution in [1.82, 2.24) is 5.48 Å². The Morgan fingerprint density at radius 2 is 1.58 bits per heavy atom. The van der Waals surface area contributed by atoms with Gasteiger partial charge in [-0.3, -0.25) is 10.0 Å². The van der Waals surface area contributed by atoms with Gasteiger partial charge >= 0.3 is 0 Å². The third-order valence-corrected chi connectivity index (χ3v) is 4.31. The van der Waals surface area contributed by atoms with E-state index in [0.29, 0.717) is 0 Å².